The maximum atomic E-state index is 13.8. The van der Waals surface area contributed by atoms with Gasteiger partial charge in [-0.15, -0.1) is 0 Å². The average molecular weight is 282 g/mol. The Morgan fingerprint density at radius 3 is 2.50 bits per heavy atom. The third kappa shape index (κ3) is 2.22. The lowest BCUT2D eigenvalue weighted by atomic mass is 10.2. The lowest BCUT2D eigenvalue weighted by molar-refractivity contribution is 0.0694. The molecule has 0 saturated heterocycles. The van der Waals surface area contributed by atoms with Crippen molar-refractivity contribution in [3.8, 4) is 5.69 Å². The van der Waals surface area contributed by atoms with Crippen LogP contribution >= 0.6 is 0 Å². The van der Waals surface area contributed by atoms with Crippen LogP contribution in [0, 0.1) is 18.6 Å². The van der Waals surface area contributed by atoms with Crippen LogP contribution in [0.15, 0.2) is 27.9 Å². The van der Waals surface area contributed by atoms with Crippen LogP contribution in [0.2, 0.25) is 0 Å². The van der Waals surface area contributed by atoms with Crippen LogP contribution in [-0.4, -0.2) is 20.6 Å². The molecule has 2 aromatic rings. The Labute approximate surface area is 109 Å². The quantitative estimate of drug-likeness (QED) is 0.852. The van der Waals surface area contributed by atoms with Gasteiger partial charge in [-0.1, -0.05) is 0 Å². The van der Waals surface area contributed by atoms with E-state index in [0.717, 1.165) is 12.1 Å². The smallest absolute Gasteiger partial charge is 0.342 e. The average Bonchev–Trinajstić information content (AvgIpc) is 2.34. The van der Waals surface area contributed by atoms with Gasteiger partial charge in [0.1, 0.15) is 17.2 Å². The highest BCUT2D eigenvalue weighted by molar-refractivity contribution is 5.86. The molecule has 1 aromatic carbocycles. The standard InChI is InChI=1S/C12H8F2N2O4/c1-5-2-8(14)9(3-7(5)13)16-4-6(11(18)19)10(17)15-12(16)20/h2-4H,1H3,(H,18,19)(H,15,17,20). The summed E-state index contributed by atoms with van der Waals surface area (Å²) in [5.41, 5.74) is -3.40. The zero-order valence-electron chi connectivity index (χ0n) is 10.1. The number of benzene rings is 1. The minimum Gasteiger partial charge on any atom is -0.477 e. The molecule has 0 atom stereocenters. The maximum Gasteiger partial charge on any atom is 0.342 e. The number of rotatable bonds is 2. The first kappa shape index (κ1) is 13.7. The van der Waals surface area contributed by atoms with E-state index in [4.69, 9.17) is 5.11 Å². The summed E-state index contributed by atoms with van der Waals surface area (Å²) in [5.74, 6) is -3.28. The van der Waals surface area contributed by atoms with Crippen molar-refractivity contribution in [1.29, 1.82) is 0 Å². The van der Waals surface area contributed by atoms with Crippen LogP contribution in [-0.2, 0) is 0 Å². The molecular formula is C12H8F2N2O4. The van der Waals surface area contributed by atoms with Crippen LogP contribution < -0.4 is 11.2 Å². The van der Waals surface area contributed by atoms with Crippen molar-refractivity contribution in [3.05, 3.63) is 61.9 Å². The molecule has 6 nitrogen and oxygen atoms in total. The van der Waals surface area contributed by atoms with Gasteiger partial charge >= 0.3 is 11.7 Å². The topological polar surface area (TPSA) is 92.2 Å². The molecule has 0 fully saturated rings. The Kier molecular flexibility index (Phi) is 3.23. The highest BCUT2D eigenvalue weighted by atomic mass is 19.1. The Morgan fingerprint density at radius 1 is 1.25 bits per heavy atom. The number of nitrogens with one attached hydrogen (secondary N) is 1. The monoisotopic (exact) mass is 282 g/mol. The van der Waals surface area contributed by atoms with Crippen molar-refractivity contribution in [1.82, 2.24) is 9.55 Å². The van der Waals surface area contributed by atoms with E-state index in [0.29, 0.717) is 10.8 Å². The first-order valence-electron chi connectivity index (χ1n) is 5.36. The zero-order valence-corrected chi connectivity index (χ0v) is 10.1. The predicted molar refractivity (Wildman–Crippen MR) is 64.3 cm³/mol. The molecule has 0 unspecified atom stereocenters. The summed E-state index contributed by atoms with van der Waals surface area (Å²) in [7, 11) is 0. The van der Waals surface area contributed by atoms with Crippen LogP contribution in [0.25, 0.3) is 5.69 Å². The number of aromatic amines is 1. The molecule has 1 aromatic heterocycles. The number of hydrogen-bond donors (Lipinski definition) is 2. The Morgan fingerprint density at radius 2 is 1.90 bits per heavy atom. The number of halogens is 2. The second-order valence-electron chi connectivity index (χ2n) is 4.03. The molecule has 0 aliphatic heterocycles. The zero-order chi connectivity index (χ0) is 15.0. The van der Waals surface area contributed by atoms with Gasteiger partial charge in [-0.25, -0.2) is 18.4 Å². The third-order valence-corrected chi connectivity index (χ3v) is 2.66. The Balaban J connectivity index is 2.80. The number of H-pyrrole nitrogens is 1. The van der Waals surface area contributed by atoms with E-state index in [9.17, 15) is 23.2 Å². The summed E-state index contributed by atoms with van der Waals surface area (Å²) in [6.07, 6.45) is 0.649. The molecule has 0 saturated carbocycles. The fourth-order valence-corrected chi connectivity index (χ4v) is 1.62. The molecule has 0 aliphatic carbocycles. The van der Waals surface area contributed by atoms with Crippen molar-refractivity contribution in [2.24, 2.45) is 0 Å². The number of carbonyl (C=O) groups is 1. The fourth-order valence-electron chi connectivity index (χ4n) is 1.62. The van der Waals surface area contributed by atoms with E-state index in [-0.39, 0.29) is 5.56 Å². The van der Waals surface area contributed by atoms with E-state index >= 15 is 0 Å². The molecule has 104 valence electrons. The molecule has 0 aliphatic rings. The number of hydrogen-bond acceptors (Lipinski definition) is 3. The molecule has 1 heterocycles. The number of carboxylic acids is 1. The number of aromatic nitrogens is 2. The van der Waals surface area contributed by atoms with Crippen molar-refractivity contribution < 1.29 is 18.7 Å². The van der Waals surface area contributed by atoms with Gasteiger partial charge in [-0.2, -0.15) is 0 Å². The summed E-state index contributed by atoms with van der Waals surface area (Å²) in [6, 6.07) is 1.61. The van der Waals surface area contributed by atoms with E-state index < -0.39 is 40.1 Å². The molecule has 2 rings (SSSR count). The molecule has 0 spiro atoms. The van der Waals surface area contributed by atoms with Crippen molar-refractivity contribution >= 4 is 5.97 Å². The summed E-state index contributed by atoms with van der Waals surface area (Å²) < 4.78 is 27.7. The maximum absolute atomic E-state index is 13.8. The largest absolute Gasteiger partial charge is 0.477 e. The van der Waals surface area contributed by atoms with Crippen LogP contribution in [0.1, 0.15) is 15.9 Å². The molecule has 20 heavy (non-hydrogen) atoms. The Hall–Kier alpha value is -2.77. The predicted octanol–water partition coefficient (Wildman–Crippen LogP) is 0.811. The second-order valence-corrected chi connectivity index (χ2v) is 4.03. The van der Waals surface area contributed by atoms with Crippen molar-refractivity contribution in [3.63, 3.8) is 0 Å². The third-order valence-electron chi connectivity index (χ3n) is 2.66. The van der Waals surface area contributed by atoms with E-state index in [1.54, 1.807) is 4.98 Å². The molecule has 0 bridgehead atoms. The summed E-state index contributed by atoms with van der Waals surface area (Å²) in [6.45, 7) is 1.33. The number of aromatic carboxylic acids is 1. The van der Waals surface area contributed by atoms with Crippen molar-refractivity contribution in [2.45, 2.75) is 6.92 Å². The Bertz CT molecular complexity index is 823. The summed E-state index contributed by atoms with van der Waals surface area (Å²) >= 11 is 0. The van der Waals surface area contributed by atoms with Gasteiger partial charge in [0.25, 0.3) is 5.56 Å². The van der Waals surface area contributed by atoms with Gasteiger partial charge in [0.2, 0.25) is 0 Å². The number of carboxylic acid groups (broad SMARTS) is 1. The highest BCUT2D eigenvalue weighted by Crippen LogP contribution is 2.16. The number of nitrogens with zero attached hydrogens (tertiary/aromatic N) is 1. The van der Waals surface area contributed by atoms with Gasteiger partial charge in [0, 0.05) is 12.3 Å². The summed E-state index contributed by atoms with van der Waals surface area (Å²) in [4.78, 5) is 35.4. The second kappa shape index (κ2) is 4.72. The van der Waals surface area contributed by atoms with Crippen LogP contribution in [0.3, 0.4) is 0 Å². The lowest BCUT2D eigenvalue weighted by Gasteiger charge is -2.08. The minimum atomic E-state index is -1.59. The fraction of sp³-hybridized carbons (Fsp3) is 0.0833. The molecule has 0 amide bonds. The van der Waals surface area contributed by atoms with Gasteiger partial charge < -0.3 is 5.11 Å². The van der Waals surface area contributed by atoms with E-state index in [1.165, 1.54) is 6.92 Å². The first-order chi connectivity index (χ1) is 9.31. The van der Waals surface area contributed by atoms with E-state index in [2.05, 4.69) is 0 Å². The molecule has 0 radical (unpaired) electrons. The first-order valence-corrected chi connectivity index (χ1v) is 5.36. The van der Waals surface area contributed by atoms with Crippen molar-refractivity contribution in [2.75, 3.05) is 0 Å². The molecular weight excluding hydrogens is 274 g/mol. The molecule has 2 N–H and O–H groups in total. The van der Waals surface area contributed by atoms with Crippen LogP contribution in [0.5, 0.6) is 0 Å². The normalized spacial score (nSPS) is 10.6. The van der Waals surface area contributed by atoms with Gasteiger partial charge in [0.05, 0.1) is 5.69 Å². The van der Waals surface area contributed by atoms with Gasteiger partial charge in [0.15, 0.2) is 0 Å². The highest BCUT2D eigenvalue weighted by Gasteiger charge is 2.15. The van der Waals surface area contributed by atoms with Crippen LogP contribution in [0.4, 0.5) is 8.78 Å². The van der Waals surface area contributed by atoms with Gasteiger partial charge in [-0.05, 0) is 18.6 Å². The lowest BCUT2D eigenvalue weighted by Crippen LogP contribution is -2.32. The minimum absolute atomic E-state index is 0.0298. The number of aryl methyl sites for hydroxylation is 1. The van der Waals surface area contributed by atoms with Gasteiger partial charge in [-0.3, -0.25) is 14.3 Å². The SMILES string of the molecule is Cc1cc(F)c(-n2cc(C(=O)O)c(=O)[nH]c2=O)cc1F. The summed E-state index contributed by atoms with van der Waals surface area (Å²) in [5, 5.41) is 8.79. The van der Waals surface area contributed by atoms with E-state index in [1.807, 2.05) is 0 Å². The molecule has 8 heteroatoms.